The van der Waals surface area contributed by atoms with Gasteiger partial charge in [-0.25, -0.2) is 4.79 Å². The third-order valence-electron chi connectivity index (χ3n) is 4.48. The molecule has 1 aromatic carbocycles. The van der Waals surface area contributed by atoms with E-state index in [2.05, 4.69) is 21.6 Å². The SMILES string of the molecule is CCOC(=O)c1c2ccccc2n2cc(N3CCOCC3)ccc12. The average molecular weight is 324 g/mol. The van der Waals surface area contributed by atoms with Crippen LogP contribution >= 0.6 is 0 Å². The Labute approximate surface area is 140 Å². The molecule has 1 aliphatic rings. The number of morpholine rings is 1. The molecule has 0 spiro atoms. The zero-order valence-electron chi connectivity index (χ0n) is 13.7. The number of aromatic nitrogens is 1. The molecule has 0 aliphatic carbocycles. The molecule has 1 saturated heterocycles. The number of para-hydroxylation sites is 1. The lowest BCUT2D eigenvalue weighted by atomic mass is 10.1. The van der Waals surface area contributed by atoms with E-state index >= 15 is 0 Å². The van der Waals surface area contributed by atoms with E-state index in [1.807, 2.05) is 37.3 Å². The smallest absolute Gasteiger partial charge is 0.340 e. The van der Waals surface area contributed by atoms with Gasteiger partial charge in [-0.15, -0.1) is 0 Å². The minimum atomic E-state index is -0.268. The van der Waals surface area contributed by atoms with Gasteiger partial charge in [0.25, 0.3) is 0 Å². The molecule has 1 fully saturated rings. The molecule has 0 radical (unpaired) electrons. The first-order valence-electron chi connectivity index (χ1n) is 8.32. The minimum absolute atomic E-state index is 0.268. The fourth-order valence-electron chi connectivity index (χ4n) is 3.35. The highest BCUT2D eigenvalue weighted by molar-refractivity contribution is 6.11. The quantitative estimate of drug-likeness (QED) is 0.694. The standard InChI is InChI=1S/C19H20N2O3/c1-2-24-19(22)18-15-5-3-4-6-16(15)21-13-14(7-8-17(18)21)20-9-11-23-12-10-20/h3-8,13H,2,9-12H2,1H3. The first-order chi connectivity index (χ1) is 11.8. The Bertz CT molecular complexity index is 894. The second-order valence-electron chi connectivity index (χ2n) is 5.85. The van der Waals surface area contributed by atoms with Gasteiger partial charge in [-0.2, -0.15) is 0 Å². The van der Waals surface area contributed by atoms with Gasteiger partial charge in [0, 0.05) is 24.7 Å². The molecule has 24 heavy (non-hydrogen) atoms. The first-order valence-corrected chi connectivity index (χ1v) is 8.32. The number of anilines is 1. The highest BCUT2D eigenvalue weighted by Crippen LogP contribution is 2.29. The summed E-state index contributed by atoms with van der Waals surface area (Å²) in [5.74, 6) is -0.268. The van der Waals surface area contributed by atoms with Gasteiger partial charge < -0.3 is 18.8 Å². The Morgan fingerprint density at radius 2 is 1.92 bits per heavy atom. The number of fused-ring (bicyclic) bond motifs is 3. The third kappa shape index (κ3) is 2.41. The molecular weight excluding hydrogens is 304 g/mol. The van der Waals surface area contributed by atoms with Crippen molar-refractivity contribution in [1.29, 1.82) is 0 Å². The predicted molar refractivity (Wildman–Crippen MR) is 93.9 cm³/mol. The summed E-state index contributed by atoms with van der Waals surface area (Å²) in [6.45, 7) is 5.47. The lowest BCUT2D eigenvalue weighted by molar-refractivity contribution is 0.0531. The van der Waals surface area contributed by atoms with Crippen molar-refractivity contribution in [2.24, 2.45) is 0 Å². The van der Waals surface area contributed by atoms with Crippen molar-refractivity contribution >= 4 is 28.1 Å². The van der Waals surface area contributed by atoms with Crippen LogP contribution in [0.1, 0.15) is 17.3 Å². The summed E-state index contributed by atoms with van der Waals surface area (Å²) in [7, 11) is 0. The van der Waals surface area contributed by atoms with E-state index < -0.39 is 0 Å². The molecule has 3 heterocycles. The van der Waals surface area contributed by atoms with Crippen LogP contribution in [0.5, 0.6) is 0 Å². The van der Waals surface area contributed by atoms with Crippen LogP contribution < -0.4 is 4.90 Å². The number of carbonyl (C=O) groups is 1. The van der Waals surface area contributed by atoms with E-state index in [0.29, 0.717) is 12.2 Å². The van der Waals surface area contributed by atoms with E-state index in [9.17, 15) is 4.79 Å². The number of hydrogen-bond donors (Lipinski definition) is 0. The molecule has 2 aromatic heterocycles. The maximum absolute atomic E-state index is 12.5. The number of benzene rings is 1. The zero-order chi connectivity index (χ0) is 16.5. The number of hydrogen-bond acceptors (Lipinski definition) is 4. The molecule has 1 aliphatic heterocycles. The van der Waals surface area contributed by atoms with Crippen LogP contribution in [-0.2, 0) is 9.47 Å². The van der Waals surface area contributed by atoms with Gasteiger partial charge in [0.05, 0.1) is 42.1 Å². The highest BCUT2D eigenvalue weighted by atomic mass is 16.5. The van der Waals surface area contributed by atoms with Crippen molar-refractivity contribution in [3.8, 4) is 0 Å². The van der Waals surface area contributed by atoms with E-state index in [4.69, 9.17) is 9.47 Å². The molecule has 5 heteroatoms. The van der Waals surface area contributed by atoms with Crippen LogP contribution in [0.25, 0.3) is 16.4 Å². The zero-order valence-corrected chi connectivity index (χ0v) is 13.7. The average Bonchev–Trinajstić information content (AvgIpc) is 2.96. The van der Waals surface area contributed by atoms with Gasteiger partial charge in [0.15, 0.2) is 0 Å². The second kappa shape index (κ2) is 6.17. The molecule has 0 N–H and O–H groups in total. The molecule has 3 aromatic rings. The molecule has 0 amide bonds. The largest absolute Gasteiger partial charge is 0.462 e. The van der Waals surface area contributed by atoms with Gasteiger partial charge >= 0.3 is 5.97 Å². The summed E-state index contributed by atoms with van der Waals surface area (Å²) in [5, 5.41) is 0.926. The van der Waals surface area contributed by atoms with E-state index in [1.54, 1.807) is 0 Å². The molecule has 124 valence electrons. The highest BCUT2D eigenvalue weighted by Gasteiger charge is 2.20. The lowest BCUT2D eigenvalue weighted by Crippen LogP contribution is -2.36. The minimum Gasteiger partial charge on any atom is -0.462 e. The van der Waals surface area contributed by atoms with E-state index in [0.717, 1.165) is 48.4 Å². The lowest BCUT2D eigenvalue weighted by Gasteiger charge is -2.28. The van der Waals surface area contributed by atoms with E-state index in [1.165, 1.54) is 0 Å². The summed E-state index contributed by atoms with van der Waals surface area (Å²) in [5.41, 5.74) is 3.68. The molecule has 0 atom stereocenters. The Kier molecular flexibility index (Phi) is 3.86. The number of nitrogens with zero attached hydrogens (tertiary/aromatic N) is 2. The van der Waals surface area contributed by atoms with Crippen molar-refractivity contribution in [1.82, 2.24) is 4.40 Å². The summed E-state index contributed by atoms with van der Waals surface area (Å²) in [6.07, 6.45) is 2.10. The van der Waals surface area contributed by atoms with Crippen molar-refractivity contribution in [3.05, 3.63) is 48.2 Å². The molecule has 5 nitrogen and oxygen atoms in total. The molecule has 0 saturated carbocycles. The van der Waals surface area contributed by atoms with Gasteiger partial charge in [-0.1, -0.05) is 18.2 Å². The van der Waals surface area contributed by atoms with E-state index in [-0.39, 0.29) is 5.97 Å². The number of rotatable bonds is 3. The fourth-order valence-corrected chi connectivity index (χ4v) is 3.35. The molecule has 0 unspecified atom stereocenters. The van der Waals surface area contributed by atoms with Gasteiger partial charge in [-0.05, 0) is 25.1 Å². The maximum Gasteiger partial charge on any atom is 0.340 e. The van der Waals surface area contributed by atoms with Crippen LogP contribution in [0.3, 0.4) is 0 Å². The number of pyridine rings is 1. The number of ether oxygens (including phenoxy) is 2. The van der Waals surface area contributed by atoms with Crippen molar-refractivity contribution in [3.63, 3.8) is 0 Å². The Morgan fingerprint density at radius 1 is 1.12 bits per heavy atom. The summed E-state index contributed by atoms with van der Waals surface area (Å²) < 4.78 is 12.8. The Hall–Kier alpha value is -2.53. The van der Waals surface area contributed by atoms with Crippen molar-refractivity contribution < 1.29 is 14.3 Å². The number of esters is 1. The van der Waals surface area contributed by atoms with Crippen LogP contribution in [0.15, 0.2) is 42.6 Å². The predicted octanol–water partition coefficient (Wildman–Crippen LogP) is 3.11. The molecule has 4 rings (SSSR count). The summed E-state index contributed by atoms with van der Waals surface area (Å²) in [6, 6.07) is 12.0. The second-order valence-corrected chi connectivity index (χ2v) is 5.85. The topological polar surface area (TPSA) is 43.2 Å². The van der Waals surface area contributed by atoms with Gasteiger partial charge in [0.2, 0.25) is 0 Å². The third-order valence-corrected chi connectivity index (χ3v) is 4.48. The van der Waals surface area contributed by atoms with Crippen LogP contribution in [0, 0.1) is 0 Å². The Balaban J connectivity index is 1.90. The van der Waals surface area contributed by atoms with Crippen molar-refractivity contribution in [2.75, 3.05) is 37.8 Å². The summed E-state index contributed by atoms with van der Waals surface area (Å²) >= 11 is 0. The first kappa shape index (κ1) is 15.0. The van der Waals surface area contributed by atoms with Crippen LogP contribution in [0.4, 0.5) is 5.69 Å². The van der Waals surface area contributed by atoms with Crippen molar-refractivity contribution in [2.45, 2.75) is 6.92 Å². The van der Waals surface area contributed by atoms with Gasteiger partial charge in [0.1, 0.15) is 0 Å². The fraction of sp³-hybridized carbons (Fsp3) is 0.316. The monoisotopic (exact) mass is 324 g/mol. The normalized spacial score (nSPS) is 15.1. The summed E-state index contributed by atoms with van der Waals surface area (Å²) in [4.78, 5) is 14.8. The number of carbonyl (C=O) groups excluding carboxylic acids is 1. The molecule has 0 bridgehead atoms. The van der Waals surface area contributed by atoms with Crippen LogP contribution in [0.2, 0.25) is 0 Å². The molecular formula is C19H20N2O3. The maximum atomic E-state index is 12.5. The van der Waals surface area contributed by atoms with Gasteiger partial charge in [-0.3, -0.25) is 0 Å². The van der Waals surface area contributed by atoms with Crippen LogP contribution in [-0.4, -0.2) is 43.3 Å². The Morgan fingerprint density at radius 3 is 2.71 bits per heavy atom.